The summed E-state index contributed by atoms with van der Waals surface area (Å²) in [6.07, 6.45) is 9.20. The Kier molecular flexibility index (Phi) is 17.9. The molecule has 378 valence electrons. The SMILES string of the molecule is C=CCO[C@@]12Oc3ccc(Oc4cccc([N+](=O)[O-])c4)cc3[C@H]3[C@H](CCCCO)[C@@H](CCCCO)C=C(C(=NOC4CCCCO4)C[C@@H]1N(Cc1ccc(F)cc1)C(=O)OCCOCc1ccccc1)[C@H]32. The van der Waals surface area contributed by atoms with Crippen molar-refractivity contribution in [1.29, 1.82) is 0 Å². The van der Waals surface area contributed by atoms with Gasteiger partial charge in [0.1, 0.15) is 35.7 Å². The standard InChI is InChI=1S/C55H64FN3O12/c1-2-28-68-55-50(58(36-38-20-22-41(56)23-21-38)54(62)67-31-30-65-37-39-13-4-3-5-14-39)35-48(57-71-51-19-8-11-29-66-51)46-32-40(15-6-9-26-60)45(18-7-10-27-61)52(53(46)55)47-34-44(24-25-49(47)70-55)69-43-17-12-16-42(33-43)59(63)64/h2-5,12-14,16-17,20-25,32-34,40,45,50-53,60-61H,1,6-11,15,18-19,26-31,35-37H2/t40-,45+,50-,51?,52+,53+,55+/m0/s1. The minimum Gasteiger partial charge on any atom is -0.459 e. The third kappa shape index (κ3) is 12.5. The number of carbonyl (C=O) groups excluding carboxylic acids is 1. The topological polar surface area (TPSA) is 181 Å². The number of aliphatic hydroxyl groups excluding tert-OH is 2. The summed E-state index contributed by atoms with van der Waals surface area (Å²) in [5.41, 5.74) is 3.66. The van der Waals surface area contributed by atoms with Gasteiger partial charge in [-0.05, 0) is 103 Å². The Morgan fingerprint density at radius 2 is 1.72 bits per heavy atom. The fourth-order valence-electron chi connectivity index (χ4n) is 10.5. The van der Waals surface area contributed by atoms with E-state index in [-0.39, 0.29) is 69.3 Å². The van der Waals surface area contributed by atoms with Crippen LogP contribution < -0.4 is 9.47 Å². The average Bonchev–Trinajstić information content (AvgIpc) is 3.39. The van der Waals surface area contributed by atoms with E-state index < -0.39 is 46.8 Å². The molecule has 1 amide bonds. The van der Waals surface area contributed by atoms with Crippen molar-refractivity contribution in [1.82, 2.24) is 4.90 Å². The number of ether oxygens (including phenoxy) is 6. The summed E-state index contributed by atoms with van der Waals surface area (Å²) in [7, 11) is 0. The molecule has 2 aliphatic heterocycles. The Morgan fingerprint density at radius 3 is 2.46 bits per heavy atom. The zero-order valence-electron chi connectivity index (χ0n) is 40.0. The first-order valence-corrected chi connectivity index (χ1v) is 24.8. The number of halogens is 1. The molecule has 7 atom stereocenters. The number of hydrogen-bond acceptors (Lipinski definition) is 13. The highest BCUT2D eigenvalue weighted by Gasteiger charge is 2.66. The average molecular weight is 978 g/mol. The number of oxime groups is 1. The normalized spacial score (nSPS) is 23.9. The maximum Gasteiger partial charge on any atom is 0.410 e. The summed E-state index contributed by atoms with van der Waals surface area (Å²) >= 11 is 0. The number of hydrogen-bond donors (Lipinski definition) is 2. The van der Waals surface area contributed by atoms with E-state index >= 15 is 0 Å². The number of aliphatic hydroxyl groups is 2. The highest BCUT2D eigenvalue weighted by atomic mass is 19.1. The lowest BCUT2D eigenvalue weighted by atomic mass is 9.55. The zero-order chi connectivity index (χ0) is 49.6. The van der Waals surface area contributed by atoms with Crippen LogP contribution in [0, 0.1) is 33.7 Å². The van der Waals surface area contributed by atoms with Gasteiger partial charge in [0.05, 0.1) is 49.0 Å². The molecule has 1 unspecified atom stereocenters. The third-order valence-corrected chi connectivity index (χ3v) is 13.8. The summed E-state index contributed by atoms with van der Waals surface area (Å²) in [6.45, 7) is 4.99. The quantitative estimate of drug-likeness (QED) is 0.0294. The number of amides is 1. The van der Waals surface area contributed by atoms with Gasteiger partial charge in [0.2, 0.25) is 12.1 Å². The summed E-state index contributed by atoms with van der Waals surface area (Å²) in [5, 5.41) is 36.7. The molecule has 71 heavy (non-hydrogen) atoms. The first-order chi connectivity index (χ1) is 34.7. The number of allylic oxidation sites excluding steroid dienone is 1. The molecule has 4 aromatic carbocycles. The molecule has 15 nitrogen and oxygen atoms in total. The van der Waals surface area contributed by atoms with Crippen LogP contribution in [-0.4, -0.2) is 89.6 Å². The van der Waals surface area contributed by atoms with Gasteiger partial charge in [0.25, 0.3) is 5.69 Å². The van der Waals surface area contributed by atoms with Crippen LogP contribution in [0.5, 0.6) is 17.2 Å². The Labute approximate surface area is 413 Å². The number of carbonyl (C=O) groups is 1. The maximum atomic E-state index is 15.0. The van der Waals surface area contributed by atoms with Crippen molar-refractivity contribution in [3.63, 3.8) is 0 Å². The highest BCUT2D eigenvalue weighted by Crippen LogP contribution is 2.62. The van der Waals surface area contributed by atoms with Gasteiger partial charge in [-0.2, -0.15) is 0 Å². The number of nitro groups is 1. The second-order valence-corrected chi connectivity index (χ2v) is 18.4. The van der Waals surface area contributed by atoms with Crippen molar-refractivity contribution in [3.8, 4) is 17.2 Å². The monoisotopic (exact) mass is 977 g/mol. The van der Waals surface area contributed by atoms with Crippen LogP contribution in [0.3, 0.4) is 0 Å². The maximum absolute atomic E-state index is 15.0. The van der Waals surface area contributed by atoms with E-state index in [1.165, 1.54) is 24.3 Å². The first-order valence-electron chi connectivity index (χ1n) is 24.8. The van der Waals surface area contributed by atoms with E-state index in [1.54, 1.807) is 47.4 Å². The summed E-state index contributed by atoms with van der Waals surface area (Å²) in [4.78, 5) is 34.1. The van der Waals surface area contributed by atoms with Gasteiger partial charge in [0.15, 0.2) is 0 Å². The molecule has 0 bridgehead atoms. The molecule has 2 N–H and O–H groups in total. The van der Waals surface area contributed by atoms with Crippen LogP contribution in [0.1, 0.15) is 86.8 Å². The molecule has 2 aliphatic carbocycles. The first kappa shape index (κ1) is 51.2. The van der Waals surface area contributed by atoms with Crippen LogP contribution in [0.15, 0.2) is 127 Å². The number of nitrogens with zero attached hydrogens (tertiary/aromatic N) is 3. The van der Waals surface area contributed by atoms with Gasteiger partial charge in [-0.3, -0.25) is 15.0 Å². The molecular formula is C55H64FN3O12. The number of rotatable bonds is 24. The van der Waals surface area contributed by atoms with E-state index in [1.807, 2.05) is 36.4 Å². The molecular weight excluding hydrogens is 914 g/mol. The molecule has 16 heteroatoms. The molecule has 2 heterocycles. The van der Waals surface area contributed by atoms with Gasteiger partial charge < -0.3 is 43.5 Å². The lowest BCUT2D eigenvalue weighted by molar-refractivity contribution is -0.384. The predicted molar refractivity (Wildman–Crippen MR) is 262 cm³/mol. The van der Waals surface area contributed by atoms with E-state index in [0.717, 1.165) is 42.4 Å². The molecule has 0 spiro atoms. The number of benzene rings is 4. The second-order valence-electron chi connectivity index (χ2n) is 18.4. The highest BCUT2D eigenvalue weighted by molar-refractivity contribution is 6.03. The second kappa shape index (κ2) is 24.8. The number of unbranched alkanes of at least 4 members (excludes halogenated alkanes) is 2. The van der Waals surface area contributed by atoms with Crippen molar-refractivity contribution in [3.05, 3.63) is 154 Å². The fraction of sp³-hybridized carbons (Fsp3) is 0.455. The Balaban J connectivity index is 1.28. The van der Waals surface area contributed by atoms with Crippen molar-refractivity contribution < 1.29 is 57.6 Å². The lowest BCUT2D eigenvalue weighted by Crippen LogP contribution is -2.70. The summed E-state index contributed by atoms with van der Waals surface area (Å²) in [5.74, 6) is -2.10. The molecule has 0 aromatic heterocycles. The fourth-order valence-corrected chi connectivity index (χ4v) is 10.5. The van der Waals surface area contributed by atoms with Gasteiger partial charge in [-0.25, -0.2) is 9.18 Å². The van der Waals surface area contributed by atoms with Gasteiger partial charge in [0, 0.05) is 50.1 Å². The van der Waals surface area contributed by atoms with Crippen LogP contribution >= 0.6 is 0 Å². The smallest absolute Gasteiger partial charge is 0.410 e. The van der Waals surface area contributed by atoms with Crippen LogP contribution in [0.4, 0.5) is 14.9 Å². The summed E-state index contributed by atoms with van der Waals surface area (Å²) in [6, 6.07) is 26.1. The van der Waals surface area contributed by atoms with E-state index in [0.29, 0.717) is 68.1 Å². The van der Waals surface area contributed by atoms with Crippen molar-refractivity contribution in [2.24, 2.45) is 22.9 Å². The third-order valence-electron chi connectivity index (χ3n) is 13.8. The minimum absolute atomic E-state index is 0.0155. The van der Waals surface area contributed by atoms with E-state index in [9.17, 15) is 29.5 Å². The number of nitro benzene ring substituents is 1. The summed E-state index contributed by atoms with van der Waals surface area (Å²) < 4.78 is 53.3. The van der Waals surface area contributed by atoms with Gasteiger partial charge in [-0.15, -0.1) is 6.58 Å². The lowest BCUT2D eigenvalue weighted by Gasteiger charge is -2.59. The minimum atomic E-state index is -1.63. The van der Waals surface area contributed by atoms with Gasteiger partial charge in [-0.1, -0.05) is 78.7 Å². The largest absolute Gasteiger partial charge is 0.459 e. The molecule has 4 aliphatic rings. The van der Waals surface area contributed by atoms with Crippen molar-refractivity contribution in [2.75, 3.05) is 39.6 Å². The van der Waals surface area contributed by atoms with Crippen LogP contribution in [0.25, 0.3) is 0 Å². The van der Waals surface area contributed by atoms with E-state index in [4.69, 9.17) is 38.4 Å². The van der Waals surface area contributed by atoms with Crippen molar-refractivity contribution in [2.45, 2.75) is 101 Å². The Bertz CT molecular complexity index is 2470. The number of non-ortho nitro benzene ring substituents is 1. The zero-order valence-corrected chi connectivity index (χ0v) is 40.0. The molecule has 2 fully saturated rings. The van der Waals surface area contributed by atoms with Crippen LogP contribution in [0.2, 0.25) is 0 Å². The molecule has 1 saturated carbocycles. The predicted octanol–water partition coefficient (Wildman–Crippen LogP) is 10.5. The molecule has 4 aromatic rings. The Morgan fingerprint density at radius 1 is 0.930 bits per heavy atom. The van der Waals surface area contributed by atoms with E-state index in [2.05, 4.69) is 12.7 Å². The van der Waals surface area contributed by atoms with Crippen molar-refractivity contribution >= 4 is 17.5 Å². The number of fused-ring (bicyclic) bond motifs is 2. The Hall–Kier alpha value is -6.17. The van der Waals surface area contributed by atoms with Crippen LogP contribution in [-0.2, 0) is 36.9 Å². The molecule has 1 saturated heterocycles. The molecule has 8 rings (SSSR count). The molecule has 0 radical (unpaired) electrons. The van der Waals surface area contributed by atoms with Gasteiger partial charge >= 0.3 is 6.09 Å².